The maximum Gasteiger partial charge on any atom is 0.181 e. The van der Waals surface area contributed by atoms with E-state index in [9.17, 15) is 0 Å². The maximum atomic E-state index is 8.71. The molecule has 1 N–H and O–H groups in total. The molecular weight excluding hydrogens is 224 g/mol. The molecule has 0 aliphatic rings. The molecule has 0 radical (unpaired) electrons. The van der Waals surface area contributed by atoms with Crippen LogP contribution < -0.4 is 10.1 Å². The van der Waals surface area contributed by atoms with E-state index in [1.165, 1.54) is 0 Å². The Morgan fingerprint density at radius 1 is 1.56 bits per heavy atom. The molecule has 0 spiro atoms. The monoisotopic (exact) mass is 238 g/mol. The average molecular weight is 239 g/mol. The van der Waals surface area contributed by atoms with Crippen LogP contribution in [0.25, 0.3) is 0 Å². The number of halogens is 1. The molecule has 0 bridgehead atoms. The van der Waals surface area contributed by atoms with Gasteiger partial charge in [0.05, 0.1) is 0 Å². The lowest BCUT2D eigenvalue weighted by molar-refractivity contribution is 0.273. The number of hydrogen-bond acceptors (Lipinski definition) is 3. The molecule has 3 nitrogen and oxygen atoms in total. The van der Waals surface area contributed by atoms with Crippen molar-refractivity contribution in [2.75, 3.05) is 6.54 Å². The Balaban J connectivity index is 2.89. The Bertz CT molecular complexity index is 387. The maximum absolute atomic E-state index is 8.71. The van der Waals surface area contributed by atoms with Crippen LogP contribution in [0, 0.1) is 11.3 Å². The Kier molecular flexibility index (Phi) is 5.10. The first-order valence-electron chi connectivity index (χ1n) is 5.23. The minimum absolute atomic E-state index is 0.473. The van der Waals surface area contributed by atoms with Gasteiger partial charge >= 0.3 is 0 Å². The molecule has 4 heteroatoms. The molecule has 0 aliphatic carbocycles. The summed E-state index contributed by atoms with van der Waals surface area (Å²) in [7, 11) is 0. The fourth-order valence-corrected chi connectivity index (χ4v) is 1.52. The zero-order valence-corrected chi connectivity index (χ0v) is 10.2. The van der Waals surface area contributed by atoms with Gasteiger partial charge in [-0.3, -0.25) is 0 Å². The lowest BCUT2D eigenvalue weighted by atomic mass is 10.2. The van der Waals surface area contributed by atoms with Crippen LogP contribution in [0.5, 0.6) is 5.75 Å². The zero-order chi connectivity index (χ0) is 12.0. The summed E-state index contributed by atoms with van der Waals surface area (Å²) >= 11 is 6.09. The number of hydrogen-bond donors (Lipinski definition) is 1. The van der Waals surface area contributed by atoms with E-state index in [-0.39, 0.29) is 0 Å². The molecule has 0 aromatic heterocycles. The summed E-state index contributed by atoms with van der Waals surface area (Å²) in [4.78, 5) is 0. The molecule has 0 aliphatic heterocycles. The first-order chi connectivity index (χ1) is 7.69. The van der Waals surface area contributed by atoms with Gasteiger partial charge < -0.3 is 10.1 Å². The normalized spacial score (nSPS) is 11.9. The lowest BCUT2D eigenvalue weighted by Crippen LogP contribution is -2.15. The van der Waals surface area contributed by atoms with Crippen molar-refractivity contribution < 1.29 is 4.74 Å². The van der Waals surface area contributed by atoms with Crippen molar-refractivity contribution in [2.24, 2.45) is 0 Å². The van der Waals surface area contributed by atoms with E-state index in [1.54, 1.807) is 6.92 Å². The summed E-state index contributed by atoms with van der Waals surface area (Å²) in [6.45, 7) is 5.23. The molecule has 1 rings (SSSR count). The van der Waals surface area contributed by atoms with Crippen molar-refractivity contribution in [3.8, 4) is 11.8 Å². The highest BCUT2D eigenvalue weighted by molar-refractivity contribution is 6.31. The quantitative estimate of drug-likeness (QED) is 0.858. The van der Waals surface area contributed by atoms with Gasteiger partial charge in [0.1, 0.15) is 11.8 Å². The number of rotatable bonds is 5. The highest BCUT2D eigenvalue weighted by atomic mass is 35.5. The minimum atomic E-state index is -0.473. The molecule has 0 saturated carbocycles. The molecule has 86 valence electrons. The molecule has 1 atom stereocenters. The minimum Gasteiger partial charge on any atom is -0.475 e. The third kappa shape index (κ3) is 3.41. The van der Waals surface area contributed by atoms with Crippen LogP contribution in [-0.2, 0) is 6.54 Å². The van der Waals surface area contributed by atoms with Crippen molar-refractivity contribution in [3.05, 3.63) is 28.8 Å². The van der Waals surface area contributed by atoms with Crippen LogP contribution in [0.3, 0.4) is 0 Å². The summed E-state index contributed by atoms with van der Waals surface area (Å²) in [5.41, 5.74) is 0.896. The smallest absolute Gasteiger partial charge is 0.181 e. The second-order valence-electron chi connectivity index (χ2n) is 3.39. The summed E-state index contributed by atoms with van der Waals surface area (Å²) < 4.78 is 5.49. The highest BCUT2D eigenvalue weighted by Crippen LogP contribution is 2.27. The Morgan fingerprint density at radius 2 is 2.31 bits per heavy atom. The molecular formula is C12H15ClN2O. The molecule has 1 aromatic rings. The Morgan fingerprint density at radius 3 is 2.94 bits per heavy atom. The van der Waals surface area contributed by atoms with Crippen LogP contribution in [-0.4, -0.2) is 12.6 Å². The molecule has 16 heavy (non-hydrogen) atoms. The van der Waals surface area contributed by atoms with Gasteiger partial charge in [0, 0.05) is 17.1 Å². The second kappa shape index (κ2) is 6.37. The van der Waals surface area contributed by atoms with Gasteiger partial charge in [-0.05, 0) is 25.6 Å². The molecule has 1 aromatic carbocycles. The van der Waals surface area contributed by atoms with E-state index in [2.05, 4.69) is 5.32 Å². The van der Waals surface area contributed by atoms with Crippen LogP contribution in [0.15, 0.2) is 18.2 Å². The third-order valence-corrected chi connectivity index (χ3v) is 2.47. The fourth-order valence-electron chi connectivity index (χ4n) is 1.29. The first kappa shape index (κ1) is 12.8. The van der Waals surface area contributed by atoms with E-state index in [0.717, 1.165) is 12.1 Å². The predicted molar refractivity (Wildman–Crippen MR) is 64.5 cm³/mol. The molecule has 0 saturated heterocycles. The van der Waals surface area contributed by atoms with Crippen molar-refractivity contribution in [2.45, 2.75) is 26.5 Å². The molecule has 1 unspecified atom stereocenters. The topological polar surface area (TPSA) is 45.0 Å². The molecule has 0 amide bonds. The van der Waals surface area contributed by atoms with Gasteiger partial charge in [0.15, 0.2) is 6.10 Å². The number of benzene rings is 1. The predicted octanol–water partition coefficient (Wildman–Crippen LogP) is 2.74. The van der Waals surface area contributed by atoms with Gasteiger partial charge in [-0.2, -0.15) is 5.26 Å². The lowest BCUT2D eigenvalue weighted by Gasteiger charge is -2.14. The van der Waals surface area contributed by atoms with Crippen molar-refractivity contribution >= 4 is 11.6 Å². The van der Waals surface area contributed by atoms with E-state index in [0.29, 0.717) is 17.3 Å². The average Bonchev–Trinajstić information content (AvgIpc) is 2.28. The van der Waals surface area contributed by atoms with E-state index >= 15 is 0 Å². The summed E-state index contributed by atoms with van der Waals surface area (Å²) in [6, 6.07) is 7.49. The Labute approximate surface area is 101 Å². The van der Waals surface area contributed by atoms with Gasteiger partial charge in [-0.1, -0.05) is 24.6 Å². The molecule has 0 heterocycles. The van der Waals surface area contributed by atoms with E-state index in [1.807, 2.05) is 31.2 Å². The number of nitrogens with zero attached hydrogens (tertiary/aromatic N) is 1. The van der Waals surface area contributed by atoms with Gasteiger partial charge in [0.2, 0.25) is 0 Å². The van der Waals surface area contributed by atoms with Crippen LogP contribution in [0.1, 0.15) is 19.4 Å². The largest absolute Gasteiger partial charge is 0.475 e. The molecule has 0 fully saturated rings. The number of ether oxygens (including phenoxy) is 1. The van der Waals surface area contributed by atoms with Crippen molar-refractivity contribution in [3.63, 3.8) is 0 Å². The van der Waals surface area contributed by atoms with Gasteiger partial charge in [-0.15, -0.1) is 0 Å². The van der Waals surface area contributed by atoms with E-state index in [4.69, 9.17) is 21.6 Å². The third-order valence-electron chi connectivity index (χ3n) is 2.11. The number of nitrogens with one attached hydrogen (secondary N) is 1. The Hall–Kier alpha value is -1.24. The van der Waals surface area contributed by atoms with Crippen molar-refractivity contribution in [1.29, 1.82) is 5.26 Å². The van der Waals surface area contributed by atoms with Crippen molar-refractivity contribution in [1.82, 2.24) is 5.32 Å². The standard InChI is InChI=1S/C12H15ClN2O/c1-3-15-8-10-11(13)5-4-6-12(10)16-9(2)7-14/h4-6,9,15H,3,8H2,1-2H3. The van der Waals surface area contributed by atoms with Crippen LogP contribution >= 0.6 is 11.6 Å². The SMILES string of the molecule is CCNCc1c(Cl)cccc1OC(C)C#N. The van der Waals surface area contributed by atoms with Gasteiger partial charge in [-0.25, -0.2) is 0 Å². The summed E-state index contributed by atoms with van der Waals surface area (Å²) in [5, 5.41) is 12.6. The zero-order valence-electron chi connectivity index (χ0n) is 9.46. The number of nitriles is 1. The van der Waals surface area contributed by atoms with Crippen LogP contribution in [0.4, 0.5) is 0 Å². The van der Waals surface area contributed by atoms with E-state index < -0.39 is 6.10 Å². The second-order valence-corrected chi connectivity index (χ2v) is 3.79. The summed E-state index contributed by atoms with van der Waals surface area (Å²) in [5.74, 6) is 0.669. The highest BCUT2D eigenvalue weighted by Gasteiger charge is 2.10. The van der Waals surface area contributed by atoms with Crippen LogP contribution in [0.2, 0.25) is 5.02 Å². The van der Waals surface area contributed by atoms with Gasteiger partial charge in [0.25, 0.3) is 0 Å². The fraction of sp³-hybridized carbons (Fsp3) is 0.417. The summed E-state index contributed by atoms with van der Waals surface area (Å²) in [6.07, 6.45) is -0.473. The first-order valence-corrected chi connectivity index (χ1v) is 5.61.